The number of carbonyl (C=O) groups is 2. The fourth-order valence-corrected chi connectivity index (χ4v) is 2.55. The number of benzene rings is 1. The SMILES string of the molecule is Cc1ccc(N(CCC(=O)O)C(=O)[C@@H]2CCCCN2)cc1. The first-order valence-corrected chi connectivity index (χ1v) is 7.41. The average Bonchev–Trinajstić information content (AvgIpc) is 2.49. The van der Waals surface area contributed by atoms with Crippen LogP contribution in [0.4, 0.5) is 5.69 Å². The van der Waals surface area contributed by atoms with Gasteiger partial charge in [0, 0.05) is 12.2 Å². The van der Waals surface area contributed by atoms with Gasteiger partial charge in [0.1, 0.15) is 0 Å². The number of rotatable bonds is 5. The van der Waals surface area contributed by atoms with Gasteiger partial charge in [-0.25, -0.2) is 0 Å². The molecule has 0 radical (unpaired) electrons. The normalized spacial score (nSPS) is 18.2. The number of nitrogens with zero attached hydrogens (tertiary/aromatic N) is 1. The van der Waals surface area contributed by atoms with Gasteiger partial charge in [-0.2, -0.15) is 0 Å². The second kappa shape index (κ2) is 7.22. The van der Waals surface area contributed by atoms with Gasteiger partial charge in [-0.3, -0.25) is 9.59 Å². The van der Waals surface area contributed by atoms with Crippen LogP contribution in [0.15, 0.2) is 24.3 Å². The van der Waals surface area contributed by atoms with E-state index >= 15 is 0 Å². The number of hydrogen-bond donors (Lipinski definition) is 2. The molecule has 1 fully saturated rings. The Morgan fingerprint density at radius 1 is 1.29 bits per heavy atom. The summed E-state index contributed by atoms with van der Waals surface area (Å²) in [5.41, 5.74) is 1.87. The molecule has 0 saturated carbocycles. The van der Waals surface area contributed by atoms with Crippen molar-refractivity contribution < 1.29 is 14.7 Å². The largest absolute Gasteiger partial charge is 0.481 e. The molecule has 1 aromatic rings. The van der Waals surface area contributed by atoms with Gasteiger partial charge in [-0.15, -0.1) is 0 Å². The maximum atomic E-state index is 12.7. The summed E-state index contributed by atoms with van der Waals surface area (Å²) in [5, 5.41) is 12.1. The van der Waals surface area contributed by atoms with Crippen molar-refractivity contribution in [1.29, 1.82) is 0 Å². The molecule has 0 aliphatic carbocycles. The molecular formula is C16H22N2O3. The van der Waals surface area contributed by atoms with Crippen molar-refractivity contribution in [2.45, 2.75) is 38.6 Å². The number of piperidine rings is 1. The van der Waals surface area contributed by atoms with Gasteiger partial charge < -0.3 is 15.3 Å². The molecule has 1 amide bonds. The third-order valence-corrected chi connectivity index (χ3v) is 3.77. The van der Waals surface area contributed by atoms with E-state index in [0.29, 0.717) is 0 Å². The van der Waals surface area contributed by atoms with Gasteiger partial charge in [-0.1, -0.05) is 24.1 Å². The molecule has 1 atom stereocenters. The number of carbonyl (C=O) groups excluding carboxylic acids is 1. The predicted octanol–water partition coefficient (Wildman–Crippen LogP) is 1.94. The van der Waals surface area contributed by atoms with Crippen molar-refractivity contribution in [3.05, 3.63) is 29.8 Å². The van der Waals surface area contributed by atoms with E-state index in [9.17, 15) is 9.59 Å². The zero-order chi connectivity index (χ0) is 15.2. The Hall–Kier alpha value is -1.88. The zero-order valence-electron chi connectivity index (χ0n) is 12.3. The van der Waals surface area contributed by atoms with Crippen LogP contribution in [0.2, 0.25) is 0 Å². The van der Waals surface area contributed by atoms with E-state index in [-0.39, 0.29) is 24.9 Å². The van der Waals surface area contributed by atoms with Crippen LogP contribution in [0, 0.1) is 6.92 Å². The van der Waals surface area contributed by atoms with Gasteiger partial charge >= 0.3 is 5.97 Å². The smallest absolute Gasteiger partial charge is 0.305 e. The molecule has 5 heteroatoms. The van der Waals surface area contributed by atoms with E-state index in [2.05, 4.69) is 5.32 Å². The maximum Gasteiger partial charge on any atom is 0.305 e. The summed E-state index contributed by atoms with van der Waals surface area (Å²) in [6, 6.07) is 7.42. The number of nitrogens with one attached hydrogen (secondary N) is 1. The molecule has 1 aliphatic rings. The standard InChI is InChI=1S/C16H22N2O3/c1-12-5-7-13(8-6-12)18(11-9-15(19)20)16(21)14-4-2-3-10-17-14/h5-8,14,17H,2-4,9-11H2,1H3,(H,19,20)/t14-/m0/s1. The number of aryl methyl sites for hydroxylation is 1. The second-order valence-corrected chi connectivity index (χ2v) is 5.47. The summed E-state index contributed by atoms with van der Waals surface area (Å²) in [6.45, 7) is 3.03. The molecule has 1 aromatic carbocycles. The second-order valence-electron chi connectivity index (χ2n) is 5.47. The summed E-state index contributed by atoms with van der Waals surface area (Å²) >= 11 is 0. The molecule has 0 bridgehead atoms. The Labute approximate surface area is 125 Å². The molecule has 2 rings (SSSR count). The molecule has 1 aliphatic heterocycles. The third-order valence-electron chi connectivity index (χ3n) is 3.77. The highest BCUT2D eigenvalue weighted by Gasteiger charge is 2.26. The molecular weight excluding hydrogens is 268 g/mol. The van der Waals surface area contributed by atoms with Crippen LogP contribution >= 0.6 is 0 Å². The lowest BCUT2D eigenvalue weighted by molar-refractivity contribution is -0.136. The van der Waals surface area contributed by atoms with E-state index in [1.165, 1.54) is 0 Å². The number of hydrogen-bond acceptors (Lipinski definition) is 3. The first kappa shape index (κ1) is 15.5. The van der Waals surface area contributed by atoms with Crippen molar-refractivity contribution in [2.24, 2.45) is 0 Å². The van der Waals surface area contributed by atoms with Crippen molar-refractivity contribution >= 4 is 17.6 Å². The molecule has 114 valence electrons. The molecule has 1 saturated heterocycles. The molecule has 0 spiro atoms. The van der Waals surface area contributed by atoms with Gasteiger partial charge in [0.2, 0.25) is 5.91 Å². The molecule has 21 heavy (non-hydrogen) atoms. The van der Waals surface area contributed by atoms with Crippen LogP contribution in [-0.4, -0.2) is 36.1 Å². The van der Waals surface area contributed by atoms with Crippen molar-refractivity contribution in [2.75, 3.05) is 18.0 Å². The topological polar surface area (TPSA) is 69.6 Å². The highest BCUT2D eigenvalue weighted by atomic mass is 16.4. The van der Waals surface area contributed by atoms with Gasteiger partial charge in [-0.05, 0) is 38.4 Å². The van der Waals surface area contributed by atoms with E-state index in [1.807, 2.05) is 31.2 Å². The van der Waals surface area contributed by atoms with Crippen LogP contribution in [-0.2, 0) is 9.59 Å². The fourth-order valence-electron chi connectivity index (χ4n) is 2.55. The van der Waals surface area contributed by atoms with Crippen LogP contribution in [0.3, 0.4) is 0 Å². The highest BCUT2D eigenvalue weighted by molar-refractivity contribution is 5.97. The zero-order valence-corrected chi connectivity index (χ0v) is 12.3. The molecule has 5 nitrogen and oxygen atoms in total. The lowest BCUT2D eigenvalue weighted by Gasteiger charge is -2.30. The molecule has 1 heterocycles. The molecule has 2 N–H and O–H groups in total. The summed E-state index contributed by atoms with van der Waals surface area (Å²) < 4.78 is 0. The average molecular weight is 290 g/mol. The first-order valence-electron chi connectivity index (χ1n) is 7.41. The van der Waals surface area contributed by atoms with Crippen LogP contribution in [0.5, 0.6) is 0 Å². The Bertz CT molecular complexity index is 493. The highest BCUT2D eigenvalue weighted by Crippen LogP contribution is 2.19. The lowest BCUT2D eigenvalue weighted by atomic mass is 10.0. The lowest BCUT2D eigenvalue weighted by Crippen LogP contribution is -2.49. The van der Waals surface area contributed by atoms with Crippen LogP contribution in [0.1, 0.15) is 31.2 Å². The van der Waals surface area contributed by atoms with Gasteiger partial charge in [0.15, 0.2) is 0 Å². The number of aliphatic carboxylic acids is 1. The summed E-state index contributed by atoms with van der Waals surface area (Å²) in [4.78, 5) is 25.1. The minimum absolute atomic E-state index is 0.0280. The van der Waals surface area contributed by atoms with Gasteiger partial charge in [0.05, 0.1) is 12.5 Å². The Morgan fingerprint density at radius 3 is 2.57 bits per heavy atom. The predicted molar refractivity (Wildman–Crippen MR) is 81.4 cm³/mol. The summed E-state index contributed by atoms with van der Waals surface area (Å²) in [5.74, 6) is -0.920. The Morgan fingerprint density at radius 2 is 2.00 bits per heavy atom. The first-order chi connectivity index (χ1) is 10.1. The van der Waals surface area contributed by atoms with E-state index in [4.69, 9.17) is 5.11 Å². The maximum absolute atomic E-state index is 12.7. The minimum Gasteiger partial charge on any atom is -0.481 e. The number of amides is 1. The number of carboxylic acids is 1. The quantitative estimate of drug-likeness (QED) is 0.869. The minimum atomic E-state index is -0.892. The Kier molecular flexibility index (Phi) is 5.33. The van der Waals surface area contributed by atoms with E-state index < -0.39 is 5.97 Å². The van der Waals surface area contributed by atoms with Crippen LogP contribution in [0.25, 0.3) is 0 Å². The van der Waals surface area contributed by atoms with Gasteiger partial charge in [0.25, 0.3) is 0 Å². The van der Waals surface area contributed by atoms with E-state index in [1.54, 1.807) is 4.90 Å². The molecule has 0 unspecified atom stereocenters. The molecule has 0 aromatic heterocycles. The summed E-state index contributed by atoms with van der Waals surface area (Å²) in [7, 11) is 0. The third kappa shape index (κ3) is 4.29. The fraction of sp³-hybridized carbons (Fsp3) is 0.500. The van der Waals surface area contributed by atoms with Crippen molar-refractivity contribution in [3.63, 3.8) is 0 Å². The summed E-state index contributed by atoms with van der Waals surface area (Å²) in [6.07, 6.45) is 2.88. The van der Waals surface area contributed by atoms with E-state index in [0.717, 1.165) is 37.1 Å². The van der Waals surface area contributed by atoms with Crippen LogP contribution < -0.4 is 10.2 Å². The number of anilines is 1. The Balaban J connectivity index is 2.15. The van der Waals surface area contributed by atoms with Crippen molar-refractivity contribution in [1.82, 2.24) is 5.32 Å². The number of carboxylic acid groups (broad SMARTS) is 1. The van der Waals surface area contributed by atoms with Crippen molar-refractivity contribution in [3.8, 4) is 0 Å². The monoisotopic (exact) mass is 290 g/mol.